The number of hydrogen-bond acceptors (Lipinski definition) is 5. The zero-order valence-electron chi connectivity index (χ0n) is 12.9. The molecule has 2 rings (SSSR count). The van der Waals surface area contributed by atoms with Crippen molar-refractivity contribution in [3.63, 3.8) is 0 Å². The van der Waals surface area contributed by atoms with E-state index in [1.54, 1.807) is 32.5 Å². The molecule has 2 aromatic rings. The molecule has 118 valence electrons. The number of ether oxygens (including phenoxy) is 3. The molecule has 1 aromatic heterocycles. The average Bonchev–Trinajstić information content (AvgIpc) is 3.01. The van der Waals surface area contributed by atoms with E-state index in [-0.39, 0.29) is 0 Å². The van der Waals surface area contributed by atoms with Crippen LogP contribution in [0.15, 0.2) is 24.5 Å². The standard InChI is InChI=1S/C15H18N2O5/c1-9(15(18)19)17-8-10(7-16-17)11-5-6-12(20-2)14(22-4)13(11)21-3/h5-9H,1-4H3,(H,18,19)/t9-/m1/s1. The average molecular weight is 306 g/mol. The van der Waals surface area contributed by atoms with E-state index in [1.807, 2.05) is 6.07 Å². The van der Waals surface area contributed by atoms with E-state index < -0.39 is 12.0 Å². The lowest BCUT2D eigenvalue weighted by Gasteiger charge is -2.15. The fraction of sp³-hybridized carbons (Fsp3) is 0.333. The first-order valence-electron chi connectivity index (χ1n) is 6.59. The smallest absolute Gasteiger partial charge is 0.328 e. The maximum Gasteiger partial charge on any atom is 0.328 e. The lowest BCUT2D eigenvalue weighted by molar-refractivity contribution is -0.140. The van der Waals surface area contributed by atoms with Crippen molar-refractivity contribution in [2.24, 2.45) is 0 Å². The number of benzene rings is 1. The van der Waals surface area contributed by atoms with Crippen LogP contribution in [0.4, 0.5) is 0 Å². The zero-order valence-corrected chi connectivity index (χ0v) is 12.9. The van der Waals surface area contributed by atoms with Crippen LogP contribution in [0.1, 0.15) is 13.0 Å². The number of hydrogen-bond donors (Lipinski definition) is 1. The molecule has 0 bridgehead atoms. The number of carbonyl (C=O) groups is 1. The van der Waals surface area contributed by atoms with Crippen LogP contribution >= 0.6 is 0 Å². The summed E-state index contributed by atoms with van der Waals surface area (Å²) in [4.78, 5) is 11.0. The van der Waals surface area contributed by atoms with Crippen molar-refractivity contribution in [3.05, 3.63) is 24.5 Å². The molecule has 7 nitrogen and oxygen atoms in total. The third kappa shape index (κ3) is 2.69. The van der Waals surface area contributed by atoms with Gasteiger partial charge in [-0.15, -0.1) is 0 Å². The van der Waals surface area contributed by atoms with Gasteiger partial charge in [0.1, 0.15) is 6.04 Å². The van der Waals surface area contributed by atoms with E-state index in [0.29, 0.717) is 17.2 Å². The van der Waals surface area contributed by atoms with Crippen molar-refractivity contribution in [2.45, 2.75) is 13.0 Å². The second-order valence-electron chi connectivity index (χ2n) is 4.61. The van der Waals surface area contributed by atoms with Gasteiger partial charge in [0.05, 0.1) is 27.5 Å². The molecule has 0 aliphatic rings. The highest BCUT2D eigenvalue weighted by atomic mass is 16.5. The van der Waals surface area contributed by atoms with Crippen LogP contribution in [0, 0.1) is 0 Å². The molecule has 0 saturated carbocycles. The summed E-state index contributed by atoms with van der Waals surface area (Å²) in [5, 5.41) is 13.1. The molecular formula is C15H18N2O5. The van der Waals surface area contributed by atoms with E-state index in [2.05, 4.69) is 5.10 Å². The molecule has 7 heteroatoms. The van der Waals surface area contributed by atoms with Crippen molar-refractivity contribution < 1.29 is 24.1 Å². The molecule has 0 aliphatic carbocycles. The minimum absolute atomic E-state index is 0.474. The first kappa shape index (κ1) is 15.7. The molecule has 22 heavy (non-hydrogen) atoms. The predicted octanol–water partition coefficient (Wildman–Crippen LogP) is 2.22. The fourth-order valence-corrected chi connectivity index (χ4v) is 2.13. The molecule has 1 N–H and O–H groups in total. The summed E-state index contributed by atoms with van der Waals surface area (Å²) < 4.78 is 17.4. The summed E-state index contributed by atoms with van der Waals surface area (Å²) in [5.74, 6) is 0.578. The van der Waals surface area contributed by atoms with E-state index in [4.69, 9.17) is 19.3 Å². The summed E-state index contributed by atoms with van der Waals surface area (Å²) in [6.45, 7) is 1.56. The minimum atomic E-state index is -0.950. The molecule has 0 radical (unpaired) electrons. The van der Waals surface area contributed by atoms with Gasteiger partial charge in [-0.3, -0.25) is 4.68 Å². The maximum absolute atomic E-state index is 11.0. The normalized spacial score (nSPS) is 11.8. The molecule has 1 atom stereocenters. The van der Waals surface area contributed by atoms with Crippen LogP contribution in [0.5, 0.6) is 17.2 Å². The molecule has 0 amide bonds. The number of methoxy groups -OCH3 is 3. The second-order valence-corrected chi connectivity index (χ2v) is 4.61. The highest BCUT2D eigenvalue weighted by molar-refractivity contribution is 5.76. The largest absolute Gasteiger partial charge is 0.493 e. The number of nitrogens with zero attached hydrogens (tertiary/aromatic N) is 2. The number of carboxylic acids is 1. The van der Waals surface area contributed by atoms with Gasteiger partial charge < -0.3 is 19.3 Å². The summed E-state index contributed by atoms with van der Waals surface area (Å²) in [7, 11) is 4.61. The Morgan fingerprint density at radius 2 is 1.86 bits per heavy atom. The summed E-state index contributed by atoms with van der Waals surface area (Å²) in [6.07, 6.45) is 3.24. The van der Waals surface area contributed by atoms with Crippen LogP contribution < -0.4 is 14.2 Å². The molecule has 0 fully saturated rings. The van der Waals surface area contributed by atoms with Crippen LogP contribution in [0.25, 0.3) is 11.1 Å². The van der Waals surface area contributed by atoms with Crippen LogP contribution in [0.3, 0.4) is 0 Å². The summed E-state index contributed by atoms with van der Waals surface area (Å²) in [6, 6.07) is 2.82. The number of carboxylic acid groups (broad SMARTS) is 1. The molecular weight excluding hydrogens is 288 g/mol. The molecule has 0 saturated heterocycles. The fourth-order valence-electron chi connectivity index (χ4n) is 2.13. The van der Waals surface area contributed by atoms with Crippen molar-refractivity contribution >= 4 is 5.97 Å². The van der Waals surface area contributed by atoms with Gasteiger partial charge in [0.15, 0.2) is 11.5 Å². The van der Waals surface area contributed by atoms with Gasteiger partial charge in [-0.2, -0.15) is 5.10 Å². The number of rotatable bonds is 6. The van der Waals surface area contributed by atoms with Crippen molar-refractivity contribution in [1.82, 2.24) is 9.78 Å². The van der Waals surface area contributed by atoms with E-state index in [0.717, 1.165) is 11.1 Å². The van der Waals surface area contributed by atoms with Gasteiger partial charge in [0.25, 0.3) is 0 Å². The maximum atomic E-state index is 11.0. The van der Waals surface area contributed by atoms with Crippen LogP contribution in [-0.4, -0.2) is 42.2 Å². The Bertz CT molecular complexity index is 681. The Hall–Kier alpha value is -2.70. The zero-order chi connectivity index (χ0) is 16.3. The van der Waals surface area contributed by atoms with E-state index in [1.165, 1.54) is 18.9 Å². The third-order valence-corrected chi connectivity index (χ3v) is 3.37. The number of aliphatic carboxylic acids is 1. The Morgan fingerprint density at radius 3 is 2.41 bits per heavy atom. The van der Waals surface area contributed by atoms with Crippen molar-refractivity contribution in [3.8, 4) is 28.4 Å². The monoisotopic (exact) mass is 306 g/mol. The number of aromatic nitrogens is 2. The third-order valence-electron chi connectivity index (χ3n) is 3.37. The van der Waals surface area contributed by atoms with Gasteiger partial charge in [-0.1, -0.05) is 0 Å². The molecule has 1 aromatic carbocycles. The molecule has 0 aliphatic heterocycles. The highest BCUT2D eigenvalue weighted by Gasteiger charge is 2.20. The second kappa shape index (κ2) is 6.38. The van der Waals surface area contributed by atoms with Crippen molar-refractivity contribution in [1.29, 1.82) is 0 Å². The first-order valence-corrected chi connectivity index (χ1v) is 6.59. The Balaban J connectivity index is 2.51. The Labute approximate surface area is 128 Å². The predicted molar refractivity (Wildman–Crippen MR) is 79.7 cm³/mol. The van der Waals surface area contributed by atoms with Gasteiger partial charge in [-0.05, 0) is 19.1 Å². The van der Waals surface area contributed by atoms with Gasteiger partial charge in [0, 0.05) is 17.3 Å². The quantitative estimate of drug-likeness (QED) is 0.881. The topological polar surface area (TPSA) is 82.8 Å². The first-order chi connectivity index (χ1) is 10.5. The molecule has 0 spiro atoms. The van der Waals surface area contributed by atoms with Gasteiger partial charge in [0.2, 0.25) is 5.75 Å². The summed E-state index contributed by atoms with van der Waals surface area (Å²) >= 11 is 0. The molecule has 0 unspecified atom stereocenters. The van der Waals surface area contributed by atoms with Gasteiger partial charge >= 0.3 is 5.97 Å². The highest BCUT2D eigenvalue weighted by Crippen LogP contribution is 2.44. The Kier molecular flexibility index (Phi) is 4.55. The van der Waals surface area contributed by atoms with E-state index in [9.17, 15) is 4.79 Å². The summed E-state index contributed by atoms with van der Waals surface area (Å²) in [5.41, 5.74) is 1.47. The van der Waals surface area contributed by atoms with E-state index >= 15 is 0 Å². The minimum Gasteiger partial charge on any atom is -0.493 e. The SMILES string of the molecule is COc1ccc(-c2cnn([C@H](C)C(=O)O)c2)c(OC)c1OC. The lowest BCUT2D eigenvalue weighted by atomic mass is 10.1. The van der Waals surface area contributed by atoms with Crippen molar-refractivity contribution in [2.75, 3.05) is 21.3 Å². The van der Waals surface area contributed by atoms with Gasteiger partial charge in [-0.25, -0.2) is 4.79 Å². The lowest BCUT2D eigenvalue weighted by Crippen LogP contribution is -2.15. The Morgan fingerprint density at radius 1 is 1.18 bits per heavy atom. The van der Waals surface area contributed by atoms with Crippen LogP contribution in [-0.2, 0) is 4.79 Å². The molecule has 1 heterocycles. The van der Waals surface area contributed by atoms with Crippen LogP contribution in [0.2, 0.25) is 0 Å².